The standard InChI is InChI=1S/C29H40N6O9.3CO.BrH.Re/c36-25(12-17-44-18-16-35(19-21-7-1-4-13-30-21)20-22-8-2-5-14-31-22)32-15-6-3-9-23(27(39)40)33-29(43)34-24(28(41)42)10-11-26(37)38;3*1-2;;/h1-2,4-5,7-8,13-14,23-24H,3,6,9-12,15-20H2,(H,32,36)(H,37,38)(H,39,40)(H,41,42)(H2,33,34,43);;;;1H;/p-1/t23-,24-;;;;;/m0...../s1. The number of carboxylic acid groups (broad SMARTS) is 3. The number of ether oxygens (including phenoxy) is 1. The van der Waals surface area contributed by atoms with Crippen molar-refractivity contribution in [1.82, 2.24) is 30.8 Å². The second-order valence-electron chi connectivity index (χ2n) is 9.89. The molecule has 0 unspecified atom stereocenters. The zero-order valence-corrected chi connectivity index (χ0v) is 32.2. The summed E-state index contributed by atoms with van der Waals surface area (Å²) in [5, 5.41) is 34.2. The Kier molecular flexibility index (Phi) is 38.3. The largest absolute Gasteiger partial charge is 0 e. The van der Waals surface area contributed by atoms with Gasteiger partial charge in [-0.1, -0.05) is 12.1 Å². The topological polar surface area (TPSA) is 280 Å². The molecule has 0 aliphatic carbocycles. The summed E-state index contributed by atoms with van der Waals surface area (Å²) in [6.07, 6.45) is 3.68. The van der Waals surface area contributed by atoms with Crippen LogP contribution in [0.5, 0.6) is 0 Å². The molecule has 0 saturated heterocycles. The van der Waals surface area contributed by atoms with Crippen molar-refractivity contribution in [3.63, 3.8) is 0 Å². The fraction of sp³-hybridized carbons (Fsp3) is 0.438. The molecule has 2 aromatic heterocycles. The number of urea groups is 1. The molecule has 6 N–H and O–H groups in total. The number of rotatable bonds is 22. The van der Waals surface area contributed by atoms with Gasteiger partial charge < -0.3 is 53.0 Å². The van der Waals surface area contributed by atoms with Gasteiger partial charge in [-0.25, -0.2) is 14.4 Å². The van der Waals surface area contributed by atoms with Crippen molar-refractivity contribution < 1.29 is 95.4 Å². The van der Waals surface area contributed by atoms with Crippen LogP contribution in [0, 0.1) is 20.0 Å². The summed E-state index contributed by atoms with van der Waals surface area (Å²) in [4.78, 5) is 68.6. The molecule has 0 aliphatic heterocycles. The van der Waals surface area contributed by atoms with E-state index in [0.29, 0.717) is 45.6 Å². The Morgan fingerprint density at radius 2 is 1.25 bits per heavy atom. The third-order valence-electron chi connectivity index (χ3n) is 6.34. The summed E-state index contributed by atoms with van der Waals surface area (Å²) >= 11 is 0. The van der Waals surface area contributed by atoms with Crippen LogP contribution in [-0.2, 0) is 71.4 Å². The number of pyridine rings is 2. The molecular weight excluding hydrogens is 926 g/mol. The van der Waals surface area contributed by atoms with Crippen molar-refractivity contribution >= 4 is 29.8 Å². The van der Waals surface area contributed by atoms with Crippen LogP contribution in [0.2, 0.25) is 0 Å². The zero-order valence-electron chi connectivity index (χ0n) is 27.9. The number of halogens is 1. The second-order valence-corrected chi connectivity index (χ2v) is 9.89. The third-order valence-corrected chi connectivity index (χ3v) is 6.34. The molecule has 52 heavy (non-hydrogen) atoms. The first-order valence-electron chi connectivity index (χ1n) is 14.9. The molecule has 18 nitrogen and oxygen atoms in total. The monoisotopic (exact) mass is 966 g/mol. The molecule has 2 rings (SSSR count). The molecule has 1 radical (unpaired) electrons. The fourth-order valence-electron chi connectivity index (χ4n) is 4.05. The van der Waals surface area contributed by atoms with Crippen molar-refractivity contribution in [2.24, 2.45) is 0 Å². The van der Waals surface area contributed by atoms with Gasteiger partial charge in [0.1, 0.15) is 12.1 Å². The number of carbonyl (C=O) groups excluding carboxylic acids is 2. The van der Waals surface area contributed by atoms with E-state index in [4.69, 9.17) is 28.9 Å². The maximum atomic E-state index is 12.2. The number of unbranched alkanes of at least 4 members (excludes halogenated alkanes) is 1. The predicted molar refractivity (Wildman–Crippen MR) is 168 cm³/mol. The van der Waals surface area contributed by atoms with Crippen molar-refractivity contribution in [3.05, 3.63) is 80.1 Å². The molecule has 0 saturated carbocycles. The first kappa shape index (κ1) is 54.5. The summed E-state index contributed by atoms with van der Waals surface area (Å²) in [5.74, 6) is -4.18. The number of aliphatic carboxylic acids is 3. The number of amides is 3. The molecular formula is C32H40BrN6O12Re-. The average Bonchev–Trinajstić information content (AvgIpc) is 3.12. The smallest absolute Gasteiger partial charge is 0 e. The Hall–Kier alpha value is -4.27. The molecule has 0 bridgehead atoms. The summed E-state index contributed by atoms with van der Waals surface area (Å²) in [7, 11) is 0. The minimum Gasteiger partial charge on any atom is 0 e. The average molecular weight is 967 g/mol. The van der Waals surface area contributed by atoms with Crippen LogP contribution in [0.3, 0.4) is 0 Å². The van der Waals surface area contributed by atoms with Crippen LogP contribution >= 0.6 is 0 Å². The van der Waals surface area contributed by atoms with Crippen molar-refractivity contribution in [1.29, 1.82) is 0 Å². The summed E-state index contributed by atoms with van der Waals surface area (Å²) < 4.78 is 28.2. The van der Waals surface area contributed by atoms with E-state index < -0.39 is 42.4 Å². The number of nitrogens with one attached hydrogen (secondary N) is 3. The van der Waals surface area contributed by atoms with Gasteiger partial charge in [-0.3, -0.25) is 24.5 Å². The van der Waals surface area contributed by atoms with Gasteiger partial charge in [-0.05, 0) is 49.9 Å². The molecule has 0 aromatic carbocycles. The molecule has 2 atom stereocenters. The van der Waals surface area contributed by atoms with Gasteiger partial charge in [0, 0.05) is 71.8 Å². The number of carboxylic acids is 3. The van der Waals surface area contributed by atoms with Crippen molar-refractivity contribution in [3.8, 4) is 0 Å². The van der Waals surface area contributed by atoms with Gasteiger partial charge in [-0.2, -0.15) is 0 Å². The normalized spacial score (nSPS) is 10.4. The molecule has 0 fully saturated rings. The SMILES string of the molecule is O=C(O)CC[C@H](NC(=O)N[C@@H](CCCCNC(=O)CCOCCN(Cc1ccccn1)Cc1ccccn1)C(=O)O)C(=O)O.[Br-].[C-]#[O+].[C-]#[O+].[C-]#[O+].[Re]. The number of nitrogens with zero attached hydrogens (tertiary/aromatic N) is 3. The van der Waals surface area contributed by atoms with Crippen LogP contribution in [0.4, 0.5) is 4.79 Å². The van der Waals surface area contributed by atoms with Gasteiger partial charge >= 0.3 is 57.8 Å². The Morgan fingerprint density at radius 1 is 0.750 bits per heavy atom. The van der Waals surface area contributed by atoms with E-state index in [1.807, 2.05) is 36.4 Å². The summed E-state index contributed by atoms with van der Waals surface area (Å²) in [6.45, 7) is 16.3. The Balaban J connectivity index is -0.00000136. The van der Waals surface area contributed by atoms with Crippen LogP contribution in [0.25, 0.3) is 0 Å². The second kappa shape index (κ2) is 36.5. The Bertz CT molecular complexity index is 1280. The van der Waals surface area contributed by atoms with E-state index in [-0.39, 0.29) is 69.2 Å². The quantitative estimate of drug-likeness (QED) is 0.0431. The predicted octanol–water partition coefficient (Wildman–Crippen LogP) is -1.87. The summed E-state index contributed by atoms with van der Waals surface area (Å²) in [6, 6.07) is 7.71. The Labute approximate surface area is 325 Å². The first-order valence-corrected chi connectivity index (χ1v) is 14.9. The van der Waals surface area contributed by atoms with Gasteiger partial charge in [0.2, 0.25) is 5.91 Å². The third kappa shape index (κ3) is 28.4. The number of hydrogen-bond acceptors (Lipinski definition) is 9. The van der Waals surface area contributed by atoms with Crippen LogP contribution in [0.15, 0.2) is 48.8 Å². The molecule has 0 spiro atoms. The van der Waals surface area contributed by atoms with E-state index in [1.165, 1.54) is 0 Å². The van der Waals surface area contributed by atoms with Gasteiger partial charge in [0.15, 0.2) is 0 Å². The van der Waals surface area contributed by atoms with Crippen LogP contribution < -0.4 is 32.9 Å². The van der Waals surface area contributed by atoms with Gasteiger partial charge in [-0.15, -0.1) is 0 Å². The van der Waals surface area contributed by atoms with E-state index in [0.717, 1.165) is 11.4 Å². The van der Waals surface area contributed by atoms with E-state index >= 15 is 0 Å². The summed E-state index contributed by atoms with van der Waals surface area (Å²) in [5.41, 5.74) is 1.85. The maximum Gasteiger partial charge on any atom is 0 e. The van der Waals surface area contributed by atoms with Crippen LogP contribution in [0.1, 0.15) is 49.9 Å². The van der Waals surface area contributed by atoms with Crippen LogP contribution in [-0.4, -0.2) is 98.4 Å². The zero-order chi connectivity index (χ0) is 38.2. The first-order chi connectivity index (χ1) is 24.1. The van der Waals surface area contributed by atoms with Crippen molar-refractivity contribution in [2.45, 2.75) is 63.7 Å². The molecule has 2 aromatic rings. The maximum absolute atomic E-state index is 12.2. The fourth-order valence-corrected chi connectivity index (χ4v) is 4.05. The number of hydrogen-bond donors (Lipinski definition) is 6. The molecule has 3 amide bonds. The van der Waals surface area contributed by atoms with E-state index in [1.54, 1.807) is 12.4 Å². The minimum absolute atomic E-state index is 0. The molecule has 20 heteroatoms. The molecule has 285 valence electrons. The number of carbonyl (C=O) groups is 5. The molecule has 2 heterocycles. The number of aromatic nitrogens is 2. The Morgan fingerprint density at radius 3 is 1.69 bits per heavy atom. The van der Waals surface area contributed by atoms with Gasteiger partial charge in [0.25, 0.3) is 0 Å². The van der Waals surface area contributed by atoms with Gasteiger partial charge in [0.05, 0.1) is 24.6 Å². The van der Waals surface area contributed by atoms with E-state index in [2.05, 4.69) is 50.8 Å². The molecule has 0 aliphatic rings. The van der Waals surface area contributed by atoms with Crippen molar-refractivity contribution in [2.75, 3.05) is 26.3 Å². The van der Waals surface area contributed by atoms with E-state index in [9.17, 15) is 29.1 Å². The minimum atomic E-state index is -1.48.